The van der Waals surface area contributed by atoms with E-state index >= 15 is 0 Å². The van der Waals surface area contributed by atoms with Crippen molar-refractivity contribution in [1.82, 2.24) is 10.1 Å². The minimum absolute atomic E-state index is 0.121. The molecule has 1 aromatic carbocycles. The average Bonchev–Trinajstić information content (AvgIpc) is 2.86. The van der Waals surface area contributed by atoms with Gasteiger partial charge in [-0.15, -0.1) is 0 Å². The molecule has 0 aliphatic carbocycles. The topological polar surface area (TPSA) is 82.3 Å². The molecule has 7 heteroatoms. The molecule has 0 spiro atoms. The molecular formula is C13H16N2O4S. The maximum Gasteiger partial charge on any atom is 0.244 e. The van der Waals surface area contributed by atoms with Crippen LogP contribution >= 0.6 is 0 Å². The maximum absolute atomic E-state index is 11.4. The number of aromatic nitrogens is 2. The number of ether oxygens (including phenoxy) is 1. The fraction of sp³-hybridized carbons (Fsp3) is 0.385. The van der Waals surface area contributed by atoms with Crippen LogP contribution in [0.3, 0.4) is 0 Å². The van der Waals surface area contributed by atoms with E-state index in [1.54, 1.807) is 7.11 Å². The van der Waals surface area contributed by atoms with E-state index < -0.39 is 15.1 Å². The zero-order valence-corrected chi connectivity index (χ0v) is 12.3. The van der Waals surface area contributed by atoms with Gasteiger partial charge in [0.15, 0.2) is 15.7 Å². The molecule has 1 heterocycles. The van der Waals surface area contributed by atoms with Crippen molar-refractivity contribution in [3.8, 4) is 5.75 Å². The molecule has 1 atom stereocenters. The molecule has 0 bridgehead atoms. The Labute approximate surface area is 117 Å². The molecule has 2 rings (SSSR count). The van der Waals surface area contributed by atoms with Gasteiger partial charge in [0, 0.05) is 12.7 Å². The second-order valence-corrected chi connectivity index (χ2v) is 6.91. The molecule has 1 unspecified atom stereocenters. The summed E-state index contributed by atoms with van der Waals surface area (Å²) in [5.41, 5.74) is 0.991. The molecule has 0 aliphatic heterocycles. The van der Waals surface area contributed by atoms with E-state index in [-0.39, 0.29) is 5.89 Å². The van der Waals surface area contributed by atoms with Crippen molar-refractivity contribution >= 4 is 9.84 Å². The quantitative estimate of drug-likeness (QED) is 0.836. The summed E-state index contributed by atoms with van der Waals surface area (Å²) in [4.78, 5) is 4.13. The fourth-order valence-corrected chi connectivity index (χ4v) is 2.08. The molecule has 0 amide bonds. The summed E-state index contributed by atoms with van der Waals surface area (Å²) in [5, 5.41) is 3.01. The fourth-order valence-electron chi connectivity index (χ4n) is 1.61. The van der Waals surface area contributed by atoms with Crippen LogP contribution in [0.2, 0.25) is 0 Å². The molecule has 20 heavy (non-hydrogen) atoms. The Balaban J connectivity index is 2.13. The van der Waals surface area contributed by atoms with Gasteiger partial charge in [0.25, 0.3) is 0 Å². The van der Waals surface area contributed by atoms with Crippen LogP contribution in [0.4, 0.5) is 0 Å². The van der Waals surface area contributed by atoms with Crippen LogP contribution in [0.1, 0.15) is 29.5 Å². The summed E-state index contributed by atoms with van der Waals surface area (Å²) in [5.74, 6) is 1.35. The largest absolute Gasteiger partial charge is 0.497 e. The lowest BCUT2D eigenvalue weighted by molar-refractivity contribution is 0.372. The summed E-state index contributed by atoms with van der Waals surface area (Å²) in [6, 6.07) is 7.48. The van der Waals surface area contributed by atoms with Gasteiger partial charge in [0.2, 0.25) is 5.89 Å². The van der Waals surface area contributed by atoms with E-state index in [0.717, 1.165) is 17.6 Å². The van der Waals surface area contributed by atoms with Gasteiger partial charge < -0.3 is 9.26 Å². The highest BCUT2D eigenvalue weighted by Gasteiger charge is 2.23. The third-order valence-electron chi connectivity index (χ3n) is 3.00. The minimum Gasteiger partial charge on any atom is -0.497 e. The van der Waals surface area contributed by atoms with Crippen molar-refractivity contribution in [3.05, 3.63) is 41.5 Å². The Morgan fingerprint density at radius 2 is 1.95 bits per heavy atom. The van der Waals surface area contributed by atoms with Gasteiger partial charge in [-0.3, -0.25) is 0 Å². The van der Waals surface area contributed by atoms with Gasteiger partial charge in [-0.1, -0.05) is 17.3 Å². The third kappa shape index (κ3) is 3.36. The lowest BCUT2D eigenvalue weighted by Crippen LogP contribution is -2.08. The zero-order valence-electron chi connectivity index (χ0n) is 11.5. The van der Waals surface area contributed by atoms with Crippen LogP contribution in [-0.4, -0.2) is 31.9 Å². The Kier molecular flexibility index (Phi) is 4.08. The van der Waals surface area contributed by atoms with E-state index in [4.69, 9.17) is 9.26 Å². The molecule has 0 N–H and O–H groups in total. The lowest BCUT2D eigenvalue weighted by Gasteiger charge is -2.02. The smallest absolute Gasteiger partial charge is 0.244 e. The minimum atomic E-state index is -3.24. The molecule has 2 aromatic rings. The third-order valence-corrected chi connectivity index (χ3v) is 4.48. The van der Waals surface area contributed by atoms with Crippen molar-refractivity contribution in [2.24, 2.45) is 0 Å². The second kappa shape index (κ2) is 5.62. The molecule has 0 saturated carbocycles. The van der Waals surface area contributed by atoms with Crippen LogP contribution in [0.15, 0.2) is 28.8 Å². The maximum atomic E-state index is 11.4. The van der Waals surface area contributed by atoms with Gasteiger partial charge in [0.1, 0.15) is 11.0 Å². The van der Waals surface area contributed by atoms with Crippen molar-refractivity contribution in [2.75, 3.05) is 13.4 Å². The summed E-state index contributed by atoms with van der Waals surface area (Å²) < 4.78 is 32.9. The van der Waals surface area contributed by atoms with Crippen molar-refractivity contribution in [2.45, 2.75) is 18.6 Å². The van der Waals surface area contributed by atoms with Crippen LogP contribution in [-0.2, 0) is 16.3 Å². The standard InChI is InChI=1S/C13H16N2O4S/c1-9(20(3,16)17)13-14-12(15-19-13)8-10-4-6-11(18-2)7-5-10/h4-7,9H,8H2,1-3H3. The summed E-state index contributed by atoms with van der Waals surface area (Å²) in [6.45, 7) is 1.53. The molecule has 0 saturated heterocycles. The van der Waals surface area contributed by atoms with Crippen LogP contribution in [0.25, 0.3) is 0 Å². The number of nitrogens with zero attached hydrogens (tertiary/aromatic N) is 2. The first-order valence-electron chi connectivity index (χ1n) is 6.04. The predicted octanol–water partition coefficient (Wildman–Crippen LogP) is 1.77. The van der Waals surface area contributed by atoms with Crippen LogP contribution in [0.5, 0.6) is 5.75 Å². The Bertz CT molecular complexity index is 677. The number of rotatable bonds is 5. The SMILES string of the molecule is COc1ccc(Cc2noc(C(C)S(C)(=O)=O)n2)cc1. The summed E-state index contributed by atoms with van der Waals surface area (Å²) in [6.07, 6.45) is 1.62. The first-order valence-corrected chi connectivity index (χ1v) is 8.00. The Hall–Kier alpha value is -1.89. The van der Waals surface area contributed by atoms with Crippen molar-refractivity contribution in [1.29, 1.82) is 0 Å². The Morgan fingerprint density at radius 1 is 1.30 bits per heavy atom. The van der Waals surface area contributed by atoms with Gasteiger partial charge in [-0.25, -0.2) is 8.42 Å². The van der Waals surface area contributed by atoms with E-state index in [2.05, 4.69) is 10.1 Å². The van der Waals surface area contributed by atoms with E-state index in [0.29, 0.717) is 12.2 Å². The highest BCUT2D eigenvalue weighted by Crippen LogP contribution is 2.20. The monoisotopic (exact) mass is 296 g/mol. The van der Waals surface area contributed by atoms with Crippen molar-refractivity contribution in [3.63, 3.8) is 0 Å². The number of hydrogen-bond donors (Lipinski definition) is 0. The number of benzene rings is 1. The molecule has 0 fully saturated rings. The number of methoxy groups -OCH3 is 1. The van der Waals surface area contributed by atoms with Crippen LogP contribution < -0.4 is 4.74 Å². The van der Waals surface area contributed by atoms with E-state index in [1.165, 1.54) is 6.92 Å². The molecular weight excluding hydrogens is 280 g/mol. The average molecular weight is 296 g/mol. The highest BCUT2D eigenvalue weighted by molar-refractivity contribution is 7.90. The molecule has 0 aliphatic rings. The molecule has 6 nitrogen and oxygen atoms in total. The first-order chi connectivity index (χ1) is 9.40. The number of sulfone groups is 1. The number of hydrogen-bond acceptors (Lipinski definition) is 6. The van der Waals surface area contributed by atoms with Gasteiger partial charge in [-0.2, -0.15) is 4.98 Å². The molecule has 1 aromatic heterocycles. The van der Waals surface area contributed by atoms with Gasteiger partial charge >= 0.3 is 0 Å². The van der Waals surface area contributed by atoms with Crippen molar-refractivity contribution < 1.29 is 17.7 Å². The van der Waals surface area contributed by atoms with E-state index in [9.17, 15) is 8.42 Å². The predicted molar refractivity (Wildman–Crippen MR) is 73.4 cm³/mol. The van der Waals surface area contributed by atoms with E-state index in [1.807, 2.05) is 24.3 Å². The Morgan fingerprint density at radius 3 is 2.50 bits per heavy atom. The summed E-state index contributed by atoms with van der Waals surface area (Å²) in [7, 11) is -1.63. The molecule has 108 valence electrons. The summed E-state index contributed by atoms with van der Waals surface area (Å²) >= 11 is 0. The lowest BCUT2D eigenvalue weighted by atomic mass is 10.1. The van der Waals surface area contributed by atoms with Gasteiger partial charge in [0.05, 0.1) is 7.11 Å². The second-order valence-electron chi connectivity index (χ2n) is 4.55. The highest BCUT2D eigenvalue weighted by atomic mass is 32.2. The normalized spacial score (nSPS) is 13.2. The van der Waals surface area contributed by atoms with Gasteiger partial charge in [-0.05, 0) is 24.6 Å². The first kappa shape index (κ1) is 14.5. The zero-order chi connectivity index (χ0) is 14.8. The molecule has 0 radical (unpaired) electrons. The van der Waals surface area contributed by atoms with Crippen LogP contribution in [0, 0.1) is 0 Å².